The van der Waals surface area contributed by atoms with E-state index in [1.807, 2.05) is 18.2 Å². The standard InChI is InChI=1S/C26H27ClN2O4/c1-16-4-3-5-22(23(30)10-16)29-15-19-11-18(6-8-20(19)26(29)32)14-28-25(31)13-17-7-9-24(33-2)21(27)12-17/h6-9,11-12,22H,1,3-5,10,13-15H2,2H3,(H,28,31). The summed E-state index contributed by atoms with van der Waals surface area (Å²) in [5, 5.41) is 3.38. The summed E-state index contributed by atoms with van der Waals surface area (Å²) < 4.78 is 5.13. The number of benzene rings is 2. The Morgan fingerprint density at radius 2 is 2.00 bits per heavy atom. The number of methoxy groups -OCH3 is 1. The molecule has 1 atom stereocenters. The maximum absolute atomic E-state index is 13.0. The zero-order valence-electron chi connectivity index (χ0n) is 18.7. The van der Waals surface area contributed by atoms with Gasteiger partial charge in [-0.05, 0) is 54.2 Å². The van der Waals surface area contributed by atoms with Crippen molar-refractivity contribution in [2.45, 2.75) is 51.2 Å². The first kappa shape index (κ1) is 23.1. The van der Waals surface area contributed by atoms with E-state index in [4.69, 9.17) is 16.3 Å². The first-order valence-corrected chi connectivity index (χ1v) is 11.4. The summed E-state index contributed by atoms with van der Waals surface area (Å²) in [4.78, 5) is 39.7. The fraction of sp³-hybridized carbons (Fsp3) is 0.346. The van der Waals surface area contributed by atoms with Gasteiger partial charge in [0.2, 0.25) is 5.91 Å². The quantitative estimate of drug-likeness (QED) is 0.510. The van der Waals surface area contributed by atoms with Gasteiger partial charge in [-0.25, -0.2) is 0 Å². The number of carbonyl (C=O) groups is 3. The molecule has 4 rings (SSSR count). The molecule has 2 aliphatic rings. The van der Waals surface area contributed by atoms with Crippen LogP contribution in [0.4, 0.5) is 0 Å². The molecule has 7 heteroatoms. The van der Waals surface area contributed by atoms with E-state index in [9.17, 15) is 14.4 Å². The molecule has 172 valence electrons. The number of fused-ring (bicyclic) bond motifs is 1. The van der Waals surface area contributed by atoms with Crippen LogP contribution in [0.3, 0.4) is 0 Å². The van der Waals surface area contributed by atoms with E-state index in [0.29, 0.717) is 42.3 Å². The van der Waals surface area contributed by atoms with Crippen molar-refractivity contribution in [2.75, 3.05) is 7.11 Å². The van der Waals surface area contributed by atoms with Crippen molar-refractivity contribution >= 4 is 29.2 Å². The van der Waals surface area contributed by atoms with Gasteiger partial charge in [-0.2, -0.15) is 0 Å². The average Bonchev–Trinajstić information content (AvgIpc) is 3.00. The third kappa shape index (κ3) is 5.11. The average molecular weight is 467 g/mol. The molecule has 0 aromatic heterocycles. The van der Waals surface area contributed by atoms with Crippen molar-refractivity contribution in [3.8, 4) is 5.75 Å². The number of ketones is 1. The molecule has 1 saturated carbocycles. The largest absolute Gasteiger partial charge is 0.495 e. The van der Waals surface area contributed by atoms with Crippen LogP contribution in [0.1, 0.15) is 52.7 Å². The molecule has 0 spiro atoms. The van der Waals surface area contributed by atoms with Gasteiger partial charge in [-0.1, -0.05) is 42.0 Å². The molecular formula is C26H27ClN2O4. The summed E-state index contributed by atoms with van der Waals surface area (Å²) in [6.45, 7) is 4.73. The molecule has 33 heavy (non-hydrogen) atoms. The van der Waals surface area contributed by atoms with Crippen LogP contribution in [0, 0.1) is 0 Å². The van der Waals surface area contributed by atoms with E-state index in [0.717, 1.165) is 35.1 Å². The van der Waals surface area contributed by atoms with Gasteiger partial charge >= 0.3 is 0 Å². The highest BCUT2D eigenvalue weighted by molar-refractivity contribution is 6.32. The lowest BCUT2D eigenvalue weighted by Gasteiger charge is -2.25. The Labute approximate surface area is 198 Å². The lowest BCUT2D eigenvalue weighted by atomic mass is 10.1. The first-order valence-electron chi connectivity index (χ1n) is 11.1. The monoisotopic (exact) mass is 466 g/mol. The maximum Gasteiger partial charge on any atom is 0.255 e. The highest BCUT2D eigenvalue weighted by Gasteiger charge is 2.36. The van der Waals surface area contributed by atoms with Crippen LogP contribution in [0.2, 0.25) is 5.02 Å². The summed E-state index contributed by atoms with van der Waals surface area (Å²) in [6.07, 6.45) is 2.93. The minimum absolute atomic E-state index is 0.0739. The Morgan fingerprint density at radius 3 is 2.76 bits per heavy atom. The highest BCUT2D eigenvalue weighted by Crippen LogP contribution is 2.31. The normalized spacial score (nSPS) is 18.2. The lowest BCUT2D eigenvalue weighted by molar-refractivity contribution is -0.123. The van der Waals surface area contributed by atoms with Crippen LogP contribution in [-0.4, -0.2) is 35.6 Å². The van der Waals surface area contributed by atoms with Crippen LogP contribution in [0.25, 0.3) is 0 Å². The molecule has 1 aliphatic carbocycles. The third-order valence-corrected chi connectivity index (χ3v) is 6.55. The van der Waals surface area contributed by atoms with Crippen molar-refractivity contribution in [3.63, 3.8) is 0 Å². The molecule has 2 aromatic carbocycles. The molecule has 1 N–H and O–H groups in total. The van der Waals surface area contributed by atoms with Crippen LogP contribution in [0.15, 0.2) is 48.6 Å². The van der Waals surface area contributed by atoms with Gasteiger partial charge in [0.05, 0.1) is 24.6 Å². The van der Waals surface area contributed by atoms with Gasteiger partial charge in [0.25, 0.3) is 5.91 Å². The maximum atomic E-state index is 13.0. The second kappa shape index (κ2) is 9.79. The molecule has 1 unspecified atom stereocenters. The fourth-order valence-corrected chi connectivity index (χ4v) is 4.80. The number of nitrogens with zero attached hydrogens (tertiary/aromatic N) is 1. The smallest absolute Gasteiger partial charge is 0.255 e. The summed E-state index contributed by atoms with van der Waals surface area (Å²) >= 11 is 6.13. The van der Waals surface area contributed by atoms with Gasteiger partial charge in [0, 0.05) is 25.1 Å². The van der Waals surface area contributed by atoms with Crippen LogP contribution < -0.4 is 10.1 Å². The van der Waals surface area contributed by atoms with E-state index < -0.39 is 0 Å². The van der Waals surface area contributed by atoms with Gasteiger partial charge in [0.15, 0.2) is 5.78 Å². The molecule has 0 radical (unpaired) electrons. The van der Waals surface area contributed by atoms with Gasteiger partial charge in [-0.3, -0.25) is 14.4 Å². The number of nitrogens with one attached hydrogen (secondary N) is 1. The number of rotatable bonds is 6. The molecule has 1 fully saturated rings. The Hall–Kier alpha value is -3.12. The highest BCUT2D eigenvalue weighted by atomic mass is 35.5. The molecule has 6 nitrogen and oxygen atoms in total. The number of hydrogen-bond donors (Lipinski definition) is 1. The predicted molar refractivity (Wildman–Crippen MR) is 126 cm³/mol. The molecule has 2 amide bonds. The van der Waals surface area contributed by atoms with Gasteiger partial charge < -0.3 is 15.0 Å². The number of ether oxygens (including phenoxy) is 1. The van der Waals surface area contributed by atoms with E-state index in [1.54, 1.807) is 30.2 Å². The number of carbonyl (C=O) groups excluding carboxylic acids is 3. The molecule has 0 bridgehead atoms. The SMILES string of the molecule is C=C1CCCC(N2Cc3cc(CNC(=O)Cc4ccc(OC)c(Cl)c4)ccc3C2=O)C(=O)C1. The van der Waals surface area contributed by atoms with Gasteiger partial charge in [-0.15, -0.1) is 0 Å². The molecule has 1 heterocycles. The molecule has 1 aliphatic heterocycles. The van der Waals surface area contributed by atoms with E-state index >= 15 is 0 Å². The Bertz CT molecular complexity index is 1130. The van der Waals surface area contributed by atoms with E-state index in [1.165, 1.54) is 0 Å². The van der Waals surface area contributed by atoms with Crippen molar-refractivity contribution in [3.05, 3.63) is 75.8 Å². The van der Waals surface area contributed by atoms with E-state index in [-0.39, 0.29) is 30.1 Å². The first-order chi connectivity index (χ1) is 15.9. The Balaban J connectivity index is 1.38. The summed E-state index contributed by atoms with van der Waals surface area (Å²) in [5.74, 6) is 0.421. The Kier molecular flexibility index (Phi) is 6.84. The van der Waals surface area contributed by atoms with Gasteiger partial charge in [0.1, 0.15) is 5.75 Å². The number of allylic oxidation sites excluding steroid dienone is 1. The predicted octanol–water partition coefficient (Wildman–Crippen LogP) is 4.23. The number of halogens is 1. The topological polar surface area (TPSA) is 75.7 Å². The minimum atomic E-state index is -0.386. The molecule has 0 saturated heterocycles. The van der Waals surface area contributed by atoms with Crippen molar-refractivity contribution < 1.29 is 19.1 Å². The van der Waals surface area contributed by atoms with Crippen molar-refractivity contribution in [2.24, 2.45) is 0 Å². The second-order valence-electron chi connectivity index (χ2n) is 8.65. The van der Waals surface area contributed by atoms with Crippen molar-refractivity contribution in [1.29, 1.82) is 0 Å². The molecule has 2 aromatic rings. The third-order valence-electron chi connectivity index (χ3n) is 6.25. The van der Waals surface area contributed by atoms with Crippen LogP contribution in [0.5, 0.6) is 5.75 Å². The molecular weight excluding hydrogens is 440 g/mol. The fourth-order valence-electron chi connectivity index (χ4n) is 4.52. The summed E-state index contributed by atoms with van der Waals surface area (Å²) in [6, 6.07) is 10.5. The van der Waals surface area contributed by atoms with Crippen LogP contribution >= 0.6 is 11.6 Å². The van der Waals surface area contributed by atoms with Crippen molar-refractivity contribution in [1.82, 2.24) is 10.2 Å². The number of hydrogen-bond acceptors (Lipinski definition) is 4. The Morgan fingerprint density at radius 1 is 1.21 bits per heavy atom. The van der Waals surface area contributed by atoms with Crippen LogP contribution in [-0.2, 0) is 29.1 Å². The van der Waals surface area contributed by atoms with E-state index in [2.05, 4.69) is 11.9 Å². The summed E-state index contributed by atoms with van der Waals surface area (Å²) in [7, 11) is 1.54. The lowest BCUT2D eigenvalue weighted by Crippen LogP contribution is -2.40. The minimum Gasteiger partial charge on any atom is -0.495 e. The summed E-state index contributed by atoms with van der Waals surface area (Å²) in [5.41, 5.74) is 4.18. The zero-order chi connectivity index (χ0) is 23.5. The second-order valence-corrected chi connectivity index (χ2v) is 9.06. The zero-order valence-corrected chi connectivity index (χ0v) is 19.4. The number of Topliss-reactive ketones (excluding diaryl/α,β-unsaturated/α-hetero) is 1. The number of amides is 2.